The van der Waals surface area contributed by atoms with Crippen molar-refractivity contribution in [2.24, 2.45) is 5.92 Å². The van der Waals surface area contributed by atoms with E-state index < -0.39 is 0 Å². The van der Waals surface area contributed by atoms with E-state index in [0.29, 0.717) is 0 Å². The van der Waals surface area contributed by atoms with Gasteiger partial charge in [0, 0.05) is 6.04 Å². The highest BCUT2D eigenvalue weighted by atomic mass is 14.9. The molecule has 0 aromatic heterocycles. The molecule has 0 aromatic carbocycles. The monoisotopic (exact) mass is 181 g/mol. The zero-order chi connectivity index (χ0) is 9.68. The van der Waals surface area contributed by atoms with E-state index in [1.165, 1.54) is 37.7 Å². The van der Waals surface area contributed by atoms with Crippen molar-refractivity contribution in [1.82, 2.24) is 5.32 Å². The molecule has 1 N–H and O–H groups in total. The minimum absolute atomic E-state index is 0.781. The number of nitrogens with one attached hydrogen (secondary N) is 1. The molecule has 1 saturated carbocycles. The Morgan fingerprint density at radius 3 is 2.85 bits per heavy atom. The van der Waals surface area contributed by atoms with Gasteiger partial charge in [-0.1, -0.05) is 25.3 Å². The van der Waals surface area contributed by atoms with Gasteiger partial charge >= 0.3 is 0 Å². The van der Waals surface area contributed by atoms with Crippen molar-refractivity contribution in [1.29, 1.82) is 0 Å². The number of allylic oxidation sites excluding steroid dienone is 1. The average Bonchev–Trinajstić information content (AvgIpc) is 2.04. The van der Waals surface area contributed by atoms with Crippen LogP contribution in [0.25, 0.3) is 0 Å². The van der Waals surface area contributed by atoms with Gasteiger partial charge < -0.3 is 5.32 Å². The Labute approximate surface area is 82.6 Å². The summed E-state index contributed by atoms with van der Waals surface area (Å²) in [5, 5.41) is 3.56. The van der Waals surface area contributed by atoms with Crippen LogP contribution in [-0.4, -0.2) is 12.6 Å². The predicted octanol–water partition coefficient (Wildman–Crippen LogP) is 3.12. The van der Waals surface area contributed by atoms with Crippen molar-refractivity contribution in [3.05, 3.63) is 12.2 Å². The highest BCUT2D eigenvalue weighted by Crippen LogP contribution is 2.28. The summed E-state index contributed by atoms with van der Waals surface area (Å²) < 4.78 is 0. The van der Waals surface area contributed by atoms with Gasteiger partial charge in [0.25, 0.3) is 0 Å². The number of hydrogen-bond acceptors (Lipinski definition) is 1. The first-order valence-electron chi connectivity index (χ1n) is 5.60. The first kappa shape index (κ1) is 10.8. The fraction of sp³-hybridized carbons (Fsp3) is 0.833. The summed E-state index contributed by atoms with van der Waals surface area (Å²) in [5.74, 6) is 0.898. The van der Waals surface area contributed by atoms with E-state index in [-0.39, 0.29) is 0 Å². The van der Waals surface area contributed by atoms with Gasteiger partial charge in [-0.25, -0.2) is 0 Å². The molecule has 0 aromatic rings. The number of rotatable bonds is 4. The highest BCUT2D eigenvalue weighted by Gasteiger charge is 2.20. The molecule has 1 aliphatic rings. The Balaban J connectivity index is 2.28. The molecule has 1 nitrogen and oxygen atoms in total. The van der Waals surface area contributed by atoms with Crippen LogP contribution < -0.4 is 5.32 Å². The molecule has 1 heteroatoms. The fourth-order valence-corrected chi connectivity index (χ4v) is 2.44. The van der Waals surface area contributed by atoms with Gasteiger partial charge in [0.05, 0.1) is 0 Å². The third kappa shape index (κ3) is 3.95. The maximum Gasteiger partial charge on any atom is 0.00696 e. The van der Waals surface area contributed by atoms with E-state index in [9.17, 15) is 0 Å². The molecule has 0 spiro atoms. The topological polar surface area (TPSA) is 12.0 Å². The van der Waals surface area contributed by atoms with Crippen molar-refractivity contribution in [3.8, 4) is 0 Å². The quantitative estimate of drug-likeness (QED) is 0.657. The van der Waals surface area contributed by atoms with Gasteiger partial charge in [-0.15, -0.1) is 6.58 Å². The summed E-state index contributed by atoms with van der Waals surface area (Å²) in [4.78, 5) is 0. The standard InChI is InChI=1S/C12H23N/c1-4-13-12-7-5-6-11(9-12)8-10(2)3/h11-13H,2,4-9H2,1,3H3. The molecule has 1 rings (SSSR count). The molecule has 0 radical (unpaired) electrons. The van der Waals surface area contributed by atoms with Crippen LogP contribution in [0.15, 0.2) is 12.2 Å². The Hall–Kier alpha value is -0.300. The zero-order valence-corrected chi connectivity index (χ0v) is 9.10. The largest absolute Gasteiger partial charge is 0.314 e. The van der Waals surface area contributed by atoms with Crippen LogP contribution >= 0.6 is 0 Å². The molecular weight excluding hydrogens is 158 g/mol. The fourth-order valence-electron chi connectivity index (χ4n) is 2.44. The van der Waals surface area contributed by atoms with E-state index in [4.69, 9.17) is 0 Å². The Morgan fingerprint density at radius 2 is 2.23 bits per heavy atom. The summed E-state index contributed by atoms with van der Waals surface area (Å²) >= 11 is 0. The van der Waals surface area contributed by atoms with Crippen LogP contribution in [0.1, 0.15) is 46.0 Å². The van der Waals surface area contributed by atoms with E-state index in [1.807, 2.05) is 0 Å². The Bertz CT molecular complexity index is 161. The molecule has 0 saturated heterocycles. The lowest BCUT2D eigenvalue weighted by atomic mass is 9.82. The predicted molar refractivity (Wildman–Crippen MR) is 58.9 cm³/mol. The van der Waals surface area contributed by atoms with Gasteiger partial charge in [0.2, 0.25) is 0 Å². The third-order valence-electron chi connectivity index (χ3n) is 2.91. The summed E-state index contributed by atoms with van der Waals surface area (Å²) in [6, 6.07) is 0.781. The number of hydrogen-bond donors (Lipinski definition) is 1. The van der Waals surface area contributed by atoms with E-state index >= 15 is 0 Å². The Kier molecular flexibility index (Phi) is 4.51. The molecular formula is C12H23N. The van der Waals surface area contributed by atoms with Crippen LogP contribution in [-0.2, 0) is 0 Å². The Morgan fingerprint density at radius 1 is 1.46 bits per heavy atom. The summed E-state index contributed by atoms with van der Waals surface area (Å²) in [5.41, 5.74) is 1.35. The van der Waals surface area contributed by atoms with Crippen LogP contribution in [0, 0.1) is 5.92 Å². The maximum absolute atomic E-state index is 4.00. The normalized spacial score (nSPS) is 28.8. The van der Waals surface area contributed by atoms with E-state index in [1.54, 1.807) is 0 Å². The molecule has 76 valence electrons. The van der Waals surface area contributed by atoms with Gasteiger partial charge in [0.15, 0.2) is 0 Å². The third-order valence-corrected chi connectivity index (χ3v) is 2.91. The van der Waals surface area contributed by atoms with Crippen molar-refractivity contribution >= 4 is 0 Å². The molecule has 0 bridgehead atoms. The summed E-state index contributed by atoms with van der Waals surface area (Å²) in [6.45, 7) is 9.46. The van der Waals surface area contributed by atoms with E-state index in [2.05, 4.69) is 25.7 Å². The minimum Gasteiger partial charge on any atom is -0.314 e. The zero-order valence-electron chi connectivity index (χ0n) is 9.10. The maximum atomic E-state index is 4.00. The van der Waals surface area contributed by atoms with Crippen LogP contribution in [0.4, 0.5) is 0 Å². The molecule has 1 fully saturated rings. The lowest BCUT2D eigenvalue weighted by molar-refractivity contribution is 0.287. The van der Waals surface area contributed by atoms with Gasteiger partial charge in [-0.3, -0.25) is 0 Å². The van der Waals surface area contributed by atoms with Crippen molar-refractivity contribution in [2.45, 2.75) is 52.0 Å². The van der Waals surface area contributed by atoms with Crippen molar-refractivity contribution in [2.75, 3.05) is 6.54 Å². The molecule has 0 amide bonds. The van der Waals surface area contributed by atoms with Crippen LogP contribution in [0.3, 0.4) is 0 Å². The first-order chi connectivity index (χ1) is 6.22. The molecule has 0 aliphatic heterocycles. The first-order valence-corrected chi connectivity index (χ1v) is 5.60. The highest BCUT2D eigenvalue weighted by molar-refractivity contribution is 4.92. The minimum atomic E-state index is 0.781. The average molecular weight is 181 g/mol. The SMILES string of the molecule is C=C(C)CC1CCCC(NCC)C1. The molecule has 2 unspecified atom stereocenters. The summed E-state index contributed by atoms with van der Waals surface area (Å²) in [6.07, 6.45) is 6.79. The lowest BCUT2D eigenvalue weighted by Gasteiger charge is -2.29. The second kappa shape index (κ2) is 5.43. The van der Waals surface area contributed by atoms with Crippen LogP contribution in [0.5, 0.6) is 0 Å². The molecule has 13 heavy (non-hydrogen) atoms. The van der Waals surface area contributed by atoms with Gasteiger partial charge in [0.1, 0.15) is 0 Å². The second-order valence-electron chi connectivity index (χ2n) is 4.45. The van der Waals surface area contributed by atoms with E-state index in [0.717, 1.165) is 18.5 Å². The molecule has 0 heterocycles. The van der Waals surface area contributed by atoms with Gasteiger partial charge in [-0.05, 0) is 38.6 Å². The molecule has 2 atom stereocenters. The van der Waals surface area contributed by atoms with Gasteiger partial charge in [-0.2, -0.15) is 0 Å². The van der Waals surface area contributed by atoms with Crippen molar-refractivity contribution < 1.29 is 0 Å². The summed E-state index contributed by atoms with van der Waals surface area (Å²) in [7, 11) is 0. The van der Waals surface area contributed by atoms with Crippen molar-refractivity contribution in [3.63, 3.8) is 0 Å². The lowest BCUT2D eigenvalue weighted by Crippen LogP contribution is -2.33. The second-order valence-corrected chi connectivity index (χ2v) is 4.45. The smallest absolute Gasteiger partial charge is 0.00696 e. The molecule has 1 aliphatic carbocycles. The van der Waals surface area contributed by atoms with Crippen LogP contribution in [0.2, 0.25) is 0 Å².